The van der Waals surface area contributed by atoms with Crippen LogP contribution in [0.15, 0.2) is 0 Å². The number of anilines is 1. The van der Waals surface area contributed by atoms with E-state index in [1.165, 1.54) is 10.4 Å². The van der Waals surface area contributed by atoms with E-state index in [0.717, 1.165) is 22.9 Å². The number of amides is 1. The number of hydrogen-bond donors (Lipinski definition) is 2. The maximum atomic E-state index is 12.4. The van der Waals surface area contributed by atoms with Crippen molar-refractivity contribution < 1.29 is 9.53 Å². The SMILES string of the molecule is Cc1nc(C2CN(CC(=O)Nc3sc(C)c(C)c3C)CCO2)n[nH]1. The number of morpholine rings is 1. The molecule has 3 heterocycles. The zero-order valence-corrected chi connectivity index (χ0v) is 15.3. The maximum Gasteiger partial charge on any atom is 0.239 e. The first-order valence-electron chi connectivity index (χ1n) is 8.03. The van der Waals surface area contributed by atoms with E-state index in [1.54, 1.807) is 11.3 Å². The second-order valence-corrected chi connectivity index (χ2v) is 7.38. The predicted octanol–water partition coefficient (Wildman–Crippen LogP) is 2.11. The van der Waals surface area contributed by atoms with Crippen LogP contribution in [-0.4, -0.2) is 52.2 Å². The summed E-state index contributed by atoms with van der Waals surface area (Å²) in [5.74, 6) is 1.42. The van der Waals surface area contributed by atoms with Gasteiger partial charge in [-0.2, -0.15) is 5.10 Å². The fourth-order valence-electron chi connectivity index (χ4n) is 2.74. The third-order valence-corrected chi connectivity index (χ3v) is 5.58. The van der Waals surface area contributed by atoms with Gasteiger partial charge in [-0.3, -0.25) is 14.8 Å². The average molecular weight is 349 g/mol. The number of carbonyl (C=O) groups is 1. The first-order chi connectivity index (χ1) is 11.4. The highest BCUT2D eigenvalue weighted by molar-refractivity contribution is 7.16. The fraction of sp³-hybridized carbons (Fsp3) is 0.562. The second-order valence-electron chi connectivity index (χ2n) is 6.16. The van der Waals surface area contributed by atoms with E-state index in [0.29, 0.717) is 25.5 Å². The van der Waals surface area contributed by atoms with Crippen LogP contribution in [0.3, 0.4) is 0 Å². The zero-order chi connectivity index (χ0) is 17.3. The summed E-state index contributed by atoms with van der Waals surface area (Å²) >= 11 is 1.63. The van der Waals surface area contributed by atoms with Crippen molar-refractivity contribution in [1.29, 1.82) is 0 Å². The number of aryl methyl sites for hydroxylation is 2. The molecule has 0 radical (unpaired) electrons. The molecule has 130 valence electrons. The number of rotatable bonds is 4. The lowest BCUT2D eigenvalue weighted by Gasteiger charge is -2.30. The lowest BCUT2D eigenvalue weighted by Crippen LogP contribution is -2.42. The van der Waals surface area contributed by atoms with Crippen molar-refractivity contribution in [3.8, 4) is 0 Å². The fourth-order valence-corrected chi connectivity index (χ4v) is 3.82. The molecule has 0 saturated carbocycles. The largest absolute Gasteiger partial charge is 0.367 e. The lowest BCUT2D eigenvalue weighted by atomic mass is 10.2. The molecule has 3 rings (SSSR count). The number of aromatic nitrogens is 3. The van der Waals surface area contributed by atoms with E-state index in [2.05, 4.69) is 39.2 Å². The number of nitrogens with one attached hydrogen (secondary N) is 2. The summed E-state index contributed by atoms with van der Waals surface area (Å²) in [5.41, 5.74) is 2.41. The van der Waals surface area contributed by atoms with Gasteiger partial charge >= 0.3 is 0 Å². The zero-order valence-electron chi connectivity index (χ0n) is 14.5. The van der Waals surface area contributed by atoms with E-state index in [1.807, 2.05) is 13.8 Å². The summed E-state index contributed by atoms with van der Waals surface area (Å²) < 4.78 is 5.73. The Morgan fingerprint density at radius 1 is 1.38 bits per heavy atom. The molecule has 0 spiro atoms. The van der Waals surface area contributed by atoms with Crippen molar-refractivity contribution in [3.05, 3.63) is 27.7 Å². The van der Waals surface area contributed by atoms with Crippen LogP contribution < -0.4 is 5.32 Å². The van der Waals surface area contributed by atoms with E-state index >= 15 is 0 Å². The molecule has 2 aromatic heterocycles. The third kappa shape index (κ3) is 3.66. The van der Waals surface area contributed by atoms with E-state index in [-0.39, 0.29) is 12.0 Å². The normalized spacial score (nSPS) is 18.8. The van der Waals surface area contributed by atoms with Gasteiger partial charge in [-0.15, -0.1) is 11.3 Å². The van der Waals surface area contributed by atoms with Crippen molar-refractivity contribution in [2.45, 2.75) is 33.8 Å². The molecule has 0 bridgehead atoms. The van der Waals surface area contributed by atoms with Crippen molar-refractivity contribution in [2.75, 3.05) is 31.6 Å². The van der Waals surface area contributed by atoms with E-state index < -0.39 is 0 Å². The highest BCUT2D eigenvalue weighted by atomic mass is 32.1. The first-order valence-corrected chi connectivity index (χ1v) is 8.85. The molecule has 2 aromatic rings. The van der Waals surface area contributed by atoms with Gasteiger partial charge in [0.25, 0.3) is 0 Å². The highest BCUT2D eigenvalue weighted by Crippen LogP contribution is 2.31. The Balaban J connectivity index is 1.58. The number of carbonyl (C=O) groups excluding carboxylic acids is 1. The summed E-state index contributed by atoms with van der Waals surface area (Å²) in [6.45, 7) is 10.3. The molecule has 1 fully saturated rings. The Hall–Kier alpha value is -1.77. The Morgan fingerprint density at radius 2 is 2.17 bits per heavy atom. The average Bonchev–Trinajstić information content (AvgIpc) is 3.08. The Bertz CT molecular complexity index is 739. The number of ether oxygens (including phenoxy) is 1. The molecular formula is C16H23N5O2S. The number of thiophene rings is 1. The van der Waals surface area contributed by atoms with Crippen molar-refractivity contribution in [2.24, 2.45) is 0 Å². The molecule has 1 unspecified atom stereocenters. The number of hydrogen-bond acceptors (Lipinski definition) is 6. The number of aromatic amines is 1. The molecule has 0 aromatic carbocycles. The molecule has 8 heteroatoms. The quantitative estimate of drug-likeness (QED) is 0.883. The van der Waals surface area contributed by atoms with Crippen LogP contribution in [0.5, 0.6) is 0 Å². The predicted molar refractivity (Wildman–Crippen MR) is 93.4 cm³/mol. The van der Waals surface area contributed by atoms with Gasteiger partial charge < -0.3 is 10.1 Å². The molecule has 1 aliphatic rings. The minimum absolute atomic E-state index is 0.00571. The van der Waals surface area contributed by atoms with E-state index in [9.17, 15) is 4.79 Å². The summed E-state index contributed by atoms with van der Waals surface area (Å²) in [7, 11) is 0. The summed E-state index contributed by atoms with van der Waals surface area (Å²) in [5, 5.41) is 11.0. The van der Waals surface area contributed by atoms with Gasteiger partial charge in [0.1, 0.15) is 11.9 Å². The number of H-pyrrole nitrogens is 1. The summed E-state index contributed by atoms with van der Waals surface area (Å²) in [6.07, 6.45) is -0.190. The van der Waals surface area contributed by atoms with E-state index in [4.69, 9.17) is 4.74 Å². The van der Waals surface area contributed by atoms with Gasteiger partial charge in [0.2, 0.25) is 5.91 Å². The van der Waals surface area contributed by atoms with Crippen LogP contribution in [0.25, 0.3) is 0 Å². The van der Waals surface area contributed by atoms with Gasteiger partial charge in [0, 0.05) is 18.0 Å². The topological polar surface area (TPSA) is 83.1 Å². The molecule has 7 nitrogen and oxygen atoms in total. The lowest BCUT2D eigenvalue weighted by molar-refractivity contribution is -0.119. The minimum atomic E-state index is -0.190. The standard InChI is InChI=1S/C16H23N5O2S/c1-9-10(2)16(24-11(9)3)18-14(22)8-21-5-6-23-13(7-21)15-17-12(4)19-20-15/h13H,5-8H2,1-4H3,(H,18,22)(H,17,19,20). The molecule has 2 N–H and O–H groups in total. The number of nitrogens with zero attached hydrogens (tertiary/aromatic N) is 3. The molecule has 1 aliphatic heterocycles. The molecule has 1 amide bonds. The smallest absolute Gasteiger partial charge is 0.239 e. The summed E-state index contributed by atoms with van der Waals surface area (Å²) in [6, 6.07) is 0. The van der Waals surface area contributed by atoms with Crippen molar-refractivity contribution >= 4 is 22.2 Å². The van der Waals surface area contributed by atoms with Gasteiger partial charge in [-0.05, 0) is 38.8 Å². The monoisotopic (exact) mass is 349 g/mol. The van der Waals surface area contributed by atoms with Crippen LogP contribution in [0.2, 0.25) is 0 Å². The van der Waals surface area contributed by atoms with Gasteiger partial charge in [0.05, 0.1) is 18.2 Å². The molecule has 1 saturated heterocycles. The molecule has 24 heavy (non-hydrogen) atoms. The van der Waals surface area contributed by atoms with Gasteiger partial charge in [-0.25, -0.2) is 4.98 Å². The van der Waals surface area contributed by atoms with Crippen LogP contribution >= 0.6 is 11.3 Å². The van der Waals surface area contributed by atoms with Crippen LogP contribution in [0, 0.1) is 27.7 Å². The Kier molecular flexibility index (Phi) is 4.98. The molecule has 1 atom stereocenters. The summed E-state index contributed by atoms with van der Waals surface area (Å²) in [4.78, 5) is 20.0. The van der Waals surface area contributed by atoms with Crippen molar-refractivity contribution in [1.82, 2.24) is 20.1 Å². The Labute approximate surface area is 145 Å². The maximum absolute atomic E-state index is 12.4. The van der Waals surface area contributed by atoms with Crippen LogP contribution in [0.4, 0.5) is 5.00 Å². The van der Waals surface area contributed by atoms with Gasteiger partial charge in [0.15, 0.2) is 5.82 Å². The van der Waals surface area contributed by atoms with Crippen LogP contribution in [-0.2, 0) is 9.53 Å². The molecular weight excluding hydrogens is 326 g/mol. The third-order valence-electron chi connectivity index (χ3n) is 4.36. The second kappa shape index (κ2) is 7.00. The first kappa shape index (κ1) is 17.1. The van der Waals surface area contributed by atoms with Crippen molar-refractivity contribution in [3.63, 3.8) is 0 Å². The highest BCUT2D eigenvalue weighted by Gasteiger charge is 2.26. The minimum Gasteiger partial charge on any atom is -0.367 e. The van der Waals surface area contributed by atoms with Gasteiger partial charge in [-0.1, -0.05) is 0 Å². The van der Waals surface area contributed by atoms with Crippen LogP contribution in [0.1, 0.15) is 33.8 Å². The Morgan fingerprint density at radius 3 is 2.79 bits per heavy atom. The molecule has 0 aliphatic carbocycles.